The first-order valence-corrected chi connectivity index (χ1v) is 18.0. The van der Waals surface area contributed by atoms with Gasteiger partial charge in [-0.05, 0) is 44.5 Å². The van der Waals surface area contributed by atoms with Crippen molar-refractivity contribution in [2.75, 3.05) is 0 Å². The number of rotatable bonds is 4. The average Bonchev–Trinajstić information content (AvgIpc) is 3.59. The van der Waals surface area contributed by atoms with E-state index in [4.69, 9.17) is 15.0 Å². The molecule has 0 spiro atoms. The van der Waals surface area contributed by atoms with Crippen molar-refractivity contribution in [1.82, 2.24) is 15.0 Å². The summed E-state index contributed by atoms with van der Waals surface area (Å²) in [5.74, 6) is 0.695. The summed E-state index contributed by atoms with van der Waals surface area (Å²) in [6.07, 6.45) is 0. The summed E-state index contributed by atoms with van der Waals surface area (Å²) in [6.45, 7) is 0. The Bertz CT molecular complexity index is 3110. The lowest BCUT2D eigenvalue weighted by Gasteiger charge is -2.15. The van der Waals surface area contributed by atoms with Gasteiger partial charge < -0.3 is 0 Å². The van der Waals surface area contributed by atoms with Crippen molar-refractivity contribution < 1.29 is 0 Å². The maximum Gasteiger partial charge on any atom is 0.160 e. The molecule has 11 aromatic rings. The van der Waals surface area contributed by atoms with Gasteiger partial charge in [0, 0.05) is 43.1 Å². The van der Waals surface area contributed by atoms with Gasteiger partial charge in [-0.25, -0.2) is 15.0 Å². The van der Waals surface area contributed by atoms with Crippen molar-refractivity contribution in [2.45, 2.75) is 0 Å². The highest BCUT2D eigenvalue weighted by atomic mass is 32.1. The van der Waals surface area contributed by atoms with E-state index >= 15 is 0 Å². The van der Waals surface area contributed by atoms with Gasteiger partial charge in [0.15, 0.2) is 5.82 Å². The summed E-state index contributed by atoms with van der Waals surface area (Å²) in [4.78, 5) is 15.7. The number of fused-ring (bicyclic) bond motifs is 5. The Labute approximate surface area is 297 Å². The molecule has 0 aliphatic rings. The molecule has 0 saturated heterocycles. The van der Waals surface area contributed by atoms with Crippen molar-refractivity contribution >= 4 is 74.7 Å². The second-order valence-electron chi connectivity index (χ2n) is 13.2. The molecule has 236 valence electrons. The molecule has 3 aromatic heterocycles. The third kappa shape index (κ3) is 4.40. The first-order chi connectivity index (χ1) is 25.3. The van der Waals surface area contributed by atoms with E-state index in [-0.39, 0.29) is 0 Å². The van der Waals surface area contributed by atoms with Crippen LogP contribution in [0.2, 0.25) is 0 Å². The second kappa shape index (κ2) is 11.0. The fourth-order valence-electron chi connectivity index (χ4n) is 7.81. The van der Waals surface area contributed by atoms with E-state index in [1.165, 1.54) is 52.5 Å². The number of aromatic nitrogens is 3. The van der Waals surface area contributed by atoms with E-state index in [0.29, 0.717) is 5.82 Å². The lowest BCUT2D eigenvalue weighted by molar-refractivity contribution is 1.18. The van der Waals surface area contributed by atoms with Crippen molar-refractivity contribution in [3.63, 3.8) is 0 Å². The predicted molar refractivity (Wildman–Crippen MR) is 216 cm³/mol. The number of pyridine rings is 1. The van der Waals surface area contributed by atoms with Crippen LogP contribution in [0, 0.1) is 0 Å². The normalized spacial score (nSPS) is 11.9. The minimum Gasteiger partial charge on any atom is -0.246 e. The molecule has 0 fully saturated rings. The zero-order chi connectivity index (χ0) is 33.5. The van der Waals surface area contributed by atoms with Crippen LogP contribution in [0.5, 0.6) is 0 Å². The topological polar surface area (TPSA) is 38.7 Å². The van der Waals surface area contributed by atoms with Crippen LogP contribution in [0.4, 0.5) is 0 Å². The number of thiophene rings is 1. The van der Waals surface area contributed by atoms with Gasteiger partial charge in [-0.3, -0.25) is 0 Å². The molecule has 0 amide bonds. The number of hydrogen-bond donors (Lipinski definition) is 0. The monoisotopic (exact) mass is 665 g/mol. The van der Waals surface area contributed by atoms with Gasteiger partial charge in [0.2, 0.25) is 0 Å². The average molecular weight is 666 g/mol. The minimum atomic E-state index is 0.695. The van der Waals surface area contributed by atoms with Gasteiger partial charge in [0.05, 0.1) is 27.3 Å². The van der Waals surface area contributed by atoms with Crippen LogP contribution in [-0.2, 0) is 0 Å². The zero-order valence-electron chi connectivity index (χ0n) is 27.3. The highest BCUT2D eigenvalue weighted by molar-refractivity contribution is 7.26. The van der Waals surface area contributed by atoms with E-state index in [2.05, 4.69) is 158 Å². The van der Waals surface area contributed by atoms with Crippen LogP contribution in [0.15, 0.2) is 164 Å². The first-order valence-electron chi connectivity index (χ1n) is 17.2. The fraction of sp³-hybridized carbons (Fsp3) is 0. The fourth-order valence-corrected chi connectivity index (χ4v) is 8.99. The molecule has 8 aromatic carbocycles. The minimum absolute atomic E-state index is 0.695. The van der Waals surface area contributed by atoms with E-state index in [0.717, 1.165) is 50.2 Å². The predicted octanol–water partition coefficient (Wildman–Crippen LogP) is 13.0. The Morgan fingerprint density at radius 2 is 1.04 bits per heavy atom. The SMILES string of the molecule is c1ccc(-c2cc(-c3ccc4ccc5cccc6ccc3c4c56)nc(-c3ccc(-c4nc5c6ccccc6sc5c5ccccc45)cc3)n2)cc1. The molecule has 0 bridgehead atoms. The number of benzene rings is 8. The highest BCUT2D eigenvalue weighted by Gasteiger charge is 2.18. The van der Waals surface area contributed by atoms with Crippen LogP contribution in [0.1, 0.15) is 0 Å². The van der Waals surface area contributed by atoms with E-state index in [9.17, 15) is 0 Å². The van der Waals surface area contributed by atoms with Crippen molar-refractivity contribution in [2.24, 2.45) is 0 Å². The smallest absolute Gasteiger partial charge is 0.160 e. The van der Waals surface area contributed by atoms with Gasteiger partial charge in [-0.1, -0.05) is 152 Å². The summed E-state index contributed by atoms with van der Waals surface area (Å²) in [5, 5.41) is 11.1. The third-order valence-corrected chi connectivity index (χ3v) is 11.4. The zero-order valence-corrected chi connectivity index (χ0v) is 28.2. The summed E-state index contributed by atoms with van der Waals surface area (Å²) >= 11 is 1.82. The maximum absolute atomic E-state index is 5.31. The molecular formula is C47H27N3S. The van der Waals surface area contributed by atoms with Gasteiger partial charge >= 0.3 is 0 Å². The Kier molecular flexibility index (Phi) is 6.12. The number of hydrogen-bond acceptors (Lipinski definition) is 4. The van der Waals surface area contributed by atoms with E-state index in [1.54, 1.807) is 0 Å². The van der Waals surface area contributed by atoms with Crippen LogP contribution >= 0.6 is 11.3 Å². The molecular weight excluding hydrogens is 639 g/mol. The first kappa shape index (κ1) is 28.4. The van der Waals surface area contributed by atoms with Crippen molar-refractivity contribution in [3.05, 3.63) is 164 Å². The molecule has 3 heterocycles. The molecule has 0 N–H and O–H groups in total. The molecule has 3 nitrogen and oxygen atoms in total. The summed E-state index contributed by atoms with van der Waals surface area (Å²) in [7, 11) is 0. The molecule has 0 aliphatic carbocycles. The quantitative estimate of drug-likeness (QED) is 0.176. The molecule has 0 atom stereocenters. The third-order valence-electron chi connectivity index (χ3n) is 10.2. The van der Waals surface area contributed by atoms with E-state index < -0.39 is 0 Å². The Hall–Kier alpha value is -6.49. The van der Waals surface area contributed by atoms with Gasteiger partial charge in [-0.15, -0.1) is 11.3 Å². The Morgan fingerprint density at radius 3 is 1.86 bits per heavy atom. The largest absolute Gasteiger partial charge is 0.246 e. The Balaban J connectivity index is 1.09. The summed E-state index contributed by atoms with van der Waals surface area (Å²) in [5.41, 5.74) is 8.04. The van der Waals surface area contributed by atoms with Crippen molar-refractivity contribution in [3.8, 4) is 45.2 Å². The van der Waals surface area contributed by atoms with Crippen LogP contribution < -0.4 is 0 Å². The molecule has 51 heavy (non-hydrogen) atoms. The maximum atomic E-state index is 5.31. The van der Waals surface area contributed by atoms with Crippen LogP contribution in [-0.4, -0.2) is 15.0 Å². The lowest BCUT2D eigenvalue weighted by Crippen LogP contribution is -1.97. The number of nitrogens with zero attached hydrogens (tertiary/aromatic N) is 3. The Morgan fingerprint density at radius 1 is 0.392 bits per heavy atom. The van der Waals surface area contributed by atoms with Gasteiger partial charge in [0.1, 0.15) is 0 Å². The second-order valence-corrected chi connectivity index (χ2v) is 14.2. The van der Waals surface area contributed by atoms with Crippen molar-refractivity contribution in [1.29, 1.82) is 0 Å². The van der Waals surface area contributed by atoms with Gasteiger partial charge in [-0.2, -0.15) is 0 Å². The molecule has 0 unspecified atom stereocenters. The summed E-state index contributed by atoms with van der Waals surface area (Å²) in [6, 6.07) is 58.3. The summed E-state index contributed by atoms with van der Waals surface area (Å²) < 4.78 is 2.49. The molecule has 4 heteroatoms. The highest BCUT2D eigenvalue weighted by Crippen LogP contribution is 2.42. The van der Waals surface area contributed by atoms with E-state index in [1.807, 2.05) is 17.4 Å². The lowest BCUT2D eigenvalue weighted by atomic mass is 9.91. The molecule has 11 rings (SSSR count). The van der Waals surface area contributed by atoms with Crippen LogP contribution in [0.3, 0.4) is 0 Å². The molecule has 0 aliphatic heterocycles. The molecule has 0 saturated carbocycles. The standard InChI is InChI=1S/C47H27N3S/c1-2-9-28(10-3-1)39-27-40(34-25-23-31-18-17-29-11-8-12-30-24-26-35(34)43(31)42(29)30)49-47(48-39)33-21-19-32(20-22-33)44-36-13-4-5-14-37(36)46-45(50-44)38-15-6-7-16-41(38)51-46/h1-27H. The van der Waals surface area contributed by atoms with Crippen LogP contribution in [0.25, 0.3) is 109 Å². The molecule has 0 radical (unpaired) electrons. The van der Waals surface area contributed by atoms with Gasteiger partial charge in [0.25, 0.3) is 0 Å².